The predicted octanol–water partition coefficient (Wildman–Crippen LogP) is 1.16. The second-order valence-corrected chi connectivity index (χ2v) is 4.71. The Balaban J connectivity index is 0. The predicted molar refractivity (Wildman–Crippen MR) is 64.2 cm³/mol. The molecule has 0 N–H and O–H groups in total. The molecule has 0 amide bonds. The van der Waals surface area contributed by atoms with Crippen LogP contribution in [0.15, 0.2) is 12.7 Å². The second-order valence-electron chi connectivity index (χ2n) is 2.72. The minimum Gasteiger partial charge on any atom is -0.463 e. The maximum Gasteiger partial charge on any atom is 0.483 e. The van der Waals surface area contributed by atoms with Crippen molar-refractivity contribution >= 4 is 15.5 Å². The molecule has 6 heteroatoms. The molecule has 0 aliphatic rings. The van der Waals surface area contributed by atoms with Crippen molar-refractivity contribution in [1.29, 1.82) is 0 Å². The first-order chi connectivity index (χ1) is 7.65. The Morgan fingerprint density at radius 3 is 2.00 bits per heavy atom. The minimum absolute atomic E-state index is 0.330. The summed E-state index contributed by atoms with van der Waals surface area (Å²) in [6, 6.07) is 0. The van der Waals surface area contributed by atoms with Crippen LogP contribution < -0.4 is 0 Å². The highest BCUT2D eigenvalue weighted by molar-refractivity contribution is 6.36. The van der Waals surface area contributed by atoms with Crippen LogP contribution in [0.2, 0.25) is 0 Å². The summed E-state index contributed by atoms with van der Waals surface area (Å²) in [5.74, 6) is -0.330. The first-order valence-electron chi connectivity index (χ1n) is 5.03. The number of carbonyl (C=O) groups is 1. The highest BCUT2D eigenvalue weighted by atomic mass is 28.3. The molecule has 0 aromatic carbocycles. The SMILES string of the molecule is C=CC(=O)OCCCC.CO[SiH](OC)OC. The van der Waals surface area contributed by atoms with E-state index < -0.39 is 9.53 Å². The van der Waals surface area contributed by atoms with E-state index in [-0.39, 0.29) is 5.97 Å². The second kappa shape index (κ2) is 14.3. The lowest BCUT2D eigenvalue weighted by Gasteiger charge is -2.05. The molecule has 96 valence electrons. The van der Waals surface area contributed by atoms with Crippen LogP contribution in [0.3, 0.4) is 0 Å². The first kappa shape index (κ1) is 17.7. The summed E-state index contributed by atoms with van der Waals surface area (Å²) in [6.45, 7) is 5.82. The monoisotopic (exact) mass is 250 g/mol. The van der Waals surface area contributed by atoms with Gasteiger partial charge in [-0.3, -0.25) is 0 Å². The van der Waals surface area contributed by atoms with Crippen molar-refractivity contribution in [3.8, 4) is 0 Å². The summed E-state index contributed by atoms with van der Waals surface area (Å²) in [4.78, 5) is 10.3. The van der Waals surface area contributed by atoms with Crippen molar-refractivity contribution in [3.63, 3.8) is 0 Å². The molecular weight excluding hydrogens is 228 g/mol. The molecule has 0 aliphatic carbocycles. The van der Waals surface area contributed by atoms with E-state index in [1.165, 1.54) is 6.08 Å². The Hall–Kier alpha value is -0.693. The van der Waals surface area contributed by atoms with Crippen molar-refractivity contribution in [2.24, 2.45) is 0 Å². The number of esters is 1. The minimum atomic E-state index is -1.67. The molecule has 0 spiro atoms. The van der Waals surface area contributed by atoms with Gasteiger partial charge in [0.1, 0.15) is 0 Å². The molecule has 0 atom stereocenters. The zero-order chi connectivity index (χ0) is 12.8. The molecule has 0 unspecified atom stereocenters. The summed E-state index contributed by atoms with van der Waals surface area (Å²) >= 11 is 0. The van der Waals surface area contributed by atoms with E-state index in [4.69, 9.17) is 13.3 Å². The molecule has 0 saturated carbocycles. The molecule has 5 nitrogen and oxygen atoms in total. The third-order valence-corrected chi connectivity index (χ3v) is 2.64. The van der Waals surface area contributed by atoms with Gasteiger partial charge in [0.05, 0.1) is 6.61 Å². The summed E-state index contributed by atoms with van der Waals surface area (Å²) < 4.78 is 18.9. The molecule has 0 heterocycles. The largest absolute Gasteiger partial charge is 0.483 e. The standard InChI is InChI=1S/C7H12O2.C3H10O3Si/c1-3-5-6-9-7(8)4-2;1-4-7(5-2)6-3/h4H,2-3,5-6H2,1H3;7H,1-3H3. The molecule has 0 aliphatic heterocycles. The van der Waals surface area contributed by atoms with E-state index in [2.05, 4.69) is 11.3 Å². The molecule has 0 aromatic rings. The van der Waals surface area contributed by atoms with Crippen molar-refractivity contribution < 1.29 is 22.8 Å². The van der Waals surface area contributed by atoms with E-state index in [1.54, 1.807) is 21.3 Å². The molecule has 0 rings (SSSR count). The average molecular weight is 250 g/mol. The topological polar surface area (TPSA) is 54.0 Å². The lowest BCUT2D eigenvalue weighted by Crippen LogP contribution is -2.21. The fourth-order valence-corrected chi connectivity index (χ4v) is 1.24. The van der Waals surface area contributed by atoms with E-state index in [1.807, 2.05) is 6.92 Å². The van der Waals surface area contributed by atoms with Gasteiger partial charge in [-0.05, 0) is 6.42 Å². The Labute approximate surface area is 99.3 Å². The van der Waals surface area contributed by atoms with Crippen LogP contribution in [0.5, 0.6) is 0 Å². The number of rotatable bonds is 7. The quantitative estimate of drug-likeness (QED) is 0.294. The van der Waals surface area contributed by atoms with Gasteiger partial charge in [0, 0.05) is 27.4 Å². The summed E-state index contributed by atoms with van der Waals surface area (Å²) in [5, 5.41) is 0. The third-order valence-electron chi connectivity index (χ3n) is 1.49. The van der Waals surface area contributed by atoms with Crippen LogP contribution in [0, 0.1) is 0 Å². The molecule has 0 saturated heterocycles. The van der Waals surface area contributed by atoms with E-state index in [0.29, 0.717) is 6.61 Å². The van der Waals surface area contributed by atoms with Gasteiger partial charge in [0.2, 0.25) is 0 Å². The van der Waals surface area contributed by atoms with Crippen LogP contribution in [-0.4, -0.2) is 43.4 Å². The highest BCUT2D eigenvalue weighted by Crippen LogP contribution is 1.88. The van der Waals surface area contributed by atoms with Crippen molar-refractivity contribution in [2.45, 2.75) is 19.8 Å². The zero-order valence-electron chi connectivity index (χ0n) is 10.5. The average Bonchev–Trinajstić information content (AvgIpc) is 2.32. The molecule has 0 aromatic heterocycles. The summed E-state index contributed by atoms with van der Waals surface area (Å²) in [7, 11) is 3.05. The third kappa shape index (κ3) is 13.3. The zero-order valence-corrected chi connectivity index (χ0v) is 11.7. The molecule has 0 fully saturated rings. The number of unbranched alkanes of at least 4 members (excludes halogenated alkanes) is 1. The maximum absolute atomic E-state index is 10.3. The fraction of sp³-hybridized carbons (Fsp3) is 0.700. The van der Waals surface area contributed by atoms with Gasteiger partial charge in [-0.25, -0.2) is 4.79 Å². The lowest BCUT2D eigenvalue weighted by molar-refractivity contribution is -0.137. The van der Waals surface area contributed by atoms with Crippen molar-refractivity contribution in [2.75, 3.05) is 27.9 Å². The number of carbonyl (C=O) groups excluding carboxylic acids is 1. The normalized spacial score (nSPS) is 9.31. The Kier molecular flexibility index (Phi) is 15.8. The maximum atomic E-state index is 10.3. The molecule has 0 bridgehead atoms. The number of hydrogen-bond donors (Lipinski definition) is 0. The van der Waals surface area contributed by atoms with Gasteiger partial charge < -0.3 is 18.0 Å². The van der Waals surface area contributed by atoms with Crippen molar-refractivity contribution in [3.05, 3.63) is 12.7 Å². The smallest absolute Gasteiger partial charge is 0.463 e. The van der Waals surface area contributed by atoms with Gasteiger partial charge in [0.25, 0.3) is 0 Å². The lowest BCUT2D eigenvalue weighted by atomic mass is 10.4. The fourth-order valence-electron chi connectivity index (χ4n) is 0.665. The van der Waals surface area contributed by atoms with Crippen LogP contribution in [0.25, 0.3) is 0 Å². The number of hydrogen-bond acceptors (Lipinski definition) is 5. The summed E-state index contributed by atoms with van der Waals surface area (Å²) in [5.41, 5.74) is 0. The van der Waals surface area contributed by atoms with Gasteiger partial charge in [-0.2, -0.15) is 0 Å². The van der Waals surface area contributed by atoms with E-state index in [0.717, 1.165) is 12.8 Å². The van der Waals surface area contributed by atoms with Crippen LogP contribution in [0.1, 0.15) is 19.8 Å². The highest BCUT2D eigenvalue weighted by Gasteiger charge is 2.04. The van der Waals surface area contributed by atoms with E-state index >= 15 is 0 Å². The van der Waals surface area contributed by atoms with Gasteiger partial charge in [-0.1, -0.05) is 19.9 Å². The first-order valence-corrected chi connectivity index (χ1v) is 6.45. The van der Waals surface area contributed by atoms with Gasteiger partial charge >= 0.3 is 15.5 Å². The Morgan fingerprint density at radius 1 is 1.25 bits per heavy atom. The Bertz CT molecular complexity index is 165. The van der Waals surface area contributed by atoms with Gasteiger partial charge in [0.15, 0.2) is 0 Å². The van der Waals surface area contributed by atoms with Crippen LogP contribution >= 0.6 is 0 Å². The molecule has 16 heavy (non-hydrogen) atoms. The molecular formula is C10H22O5Si. The van der Waals surface area contributed by atoms with Gasteiger partial charge in [-0.15, -0.1) is 0 Å². The Morgan fingerprint density at radius 2 is 1.75 bits per heavy atom. The van der Waals surface area contributed by atoms with Crippen LogP contribution in [-0.2, 0) is 22.8 Å². The summed E-state index contributed by atoms with van der Waals surface area (Å²) in [6.07, 6.45) is 3.15. The van der Waals surface area contributed by atoms with Crippen molar-refractivity contribution in [1.82, 2.24) is 0 Å². The number of ether oxygens (including phenoxy) is 1. The molecule has 0 radical (unpaired) electrons. The van der Waals surface area contributed by atoms with Crippen LogP contribution in [0.4, 0.5) is 0 Å². The van der Waals surface area contributed by atoms with E-state index in [9.17, 15) is 4.79 Å².